The molecule has 0 radical (unpaired) electrons. The average molecular weight is 263 g/mol. The van der Waals surface area contributed by atoms with Gasteiger partial charge in [0.25, 0.3) is 0 Å². The SMILES string of the molecule is N#C[C@@H]1O[C@@H](COC(=O)c2ccccc2)[C@@H](O)[C@@H]1O. The second kappa shape index (κ2) is 5.80. The van der Waals surface area contributed by atoms with Crippen LogP contribution in [0.15, 0.2) is 30.3 Å². The van der Waals surface area contributed by atoms with E-state index in [4.69, 9.17) is 14.7 Å². The van der Waals surface area contributed by atoms with Crippen LogP contribution in [0.1, 0.15) is 10.4 Å². The fourth-order valence-corrected chi connectivity index (χ4v) is 1.81. The van der Waals surface area contributed by atoms with Gasteiger partial charge in [0, 0.05) is 0 Å². The van der Waals surface area contributed by atoms with E-state index in [1.807, 2.05) is 0 Å². The van der Waals surface area contributed by atoms with Gasteiger partial charge in [0.15, 0.2) is 6.10 Å². The number of esters is 1. The molecule has 0 aliphatic carbocycles. The van der Waals surface area contributed by atoms with Crippen LogP contribution in [0.2, 0.25) is 0 Å². The van der Waals surface area contributed by atoms with Crippen molar-refractivity contribution in [3.05, 3.63) is 35.9 Å². The molecule has 2 rings (SSSR count). The molecule has 0 bridgehead atoms. The summed E-state index contributed by atoms with van der Waals surface area (Å²) in [5.74, 6) is -0.550. The second-order valence-electron chi connectivity index (χ2n) is 4.17. The van der Waals surface area contributed by atoms with Gasteiger partial charge in [0.05, 0.1) is 11.6 Å². The van der Waals surface area contributed by atoms with Crippen LogP contribution in [0.25, 0.3) is 0 Å². The lowest BCUT2D eigenvalue weighted by Crippen LogP contribution is -2.34. The minimum Gasteiger partial charge on any atom is -0.459 e. The second-order valence-corrected chi connectivity index (χ2v) is 4.17. The Balaban J connectivity index is 1.90. The summed E-state index contributed by atoms with van der Waals surface area (Å²) in [5.41, 5.74) is 0.382. The maximum Gasteiger partial charge on any atom is 0.338 e. The van der Waals surface area contributed by atoms with Crippen molar-refractivity contribution in [3.8, 4) is 6.07 Å². The first-order valence-electron chi connectivity index (χ1n) is 5.77. The summed E-state index contributed by atoms with van der Waals surface area (Å²) < 4.78 is 10.1. The summed E-state index contributed by atoms with van der Waals surface area (Å²) in [6, 6.07) is 10.1. The van der Waals surface area contributed by atoms with Gasteiger partial charge in [-0.25, -0.2) is 4.79 Å². The Labute approximate surface area is 109 Å². The molecule has 0 spiro atoms. The summed E-state index contributed by atoms with van der Waals surface area (Å²) in [7, 11) is 0. The van der Waals surface area contributed by atoms with Crippen LogP contribution >= 0.6 is 0 Å². The van der Waals surface area contributed by atoms with Gasteiger partial charge in [-0.3, -0.25) is 0 Å². The number of rotatable bonds is 3. The molecule has 1 aliphatic rings. The Morgan fingerprint density at radius 1 is 1.32 bits per heavy atom. The molecule has 4 atom stereocenters. The van der Waals surface area contributed by atoms with Crippen LogP contribution < -0.4 is 0 Å². The van der Waals surface area contributed by atoms with Gasteiger partial charge in [-0.05, 0) is 12.1 Å². The molecule has 19 heavy (non-hydrogen) atoms. The highest BCUT2D eigenvalue weighted by Gasteiger charge is 2.43. The molecular formula is C13H13NO5. The van der Waals surface area contributed by atoms with E-state index in [0.29, 0.717) is 5.56 Å². The molecule has 1 aliphatic heterocycles. The average Bonchev–Trinajstić information content (AvgIpc) is 2.73. The van der Waals surface area contributed by atoms with Crippen molar-refractivity contribution in [1.82, 2.24) is 0 Å². The van der Waals surface area contributed by atoms with E-state index < -0.39 is 30.4 Å². The zero-order valence-corrected chi connectivity index (χ0v) is 9.97. The molecule has 1 aromatic rings. The predicted molar refractivity (Wildman–Crippen MR) is 63.0 cm³/mol. The normalized spacial score (nSPS) is 29.7. The van der Waals surface area contributed by atoms with Gasteiger partial charge in [-0.2, -0.15) is 5.26 Å². The van der Waals surface area contributed by atoms with Crippen LogP contribution in [0.5, 0.6) is 0 Å². The van der Waals surface area contributed by atoms with Gasteiger partial charge >= 0.3 is 5.97 Å². The van der Waals surface area contributed by atoms with Crippen molar-refractivity contribution >= 4 is 5.97 Å². The first kappa shape index (κ1) is 13.5. The third-order valence-electron chi connectivity index (χ3n) is 2.88. The molecular weight excluding hydrogens is 250 g/mol. The van der Waals surface area contributed by atoms with Crippen molar-refractivity contribution in [2.45, 2.75) is 24.4 Å². The minimum absolute atomic E-state index is 0.218. The smallest absolute Gasteiger partial charge is 0.338 e. The fourth-order valence-electron chi connectivity index (χ4n) is 1.81. The van der Waals surface area contributed by atoms with Crippen molar-refractivity contribution in [1.29, 1.82) is 5.26 Å². The maximum atomic E-state index is 11.7. The number of ether oxygens (including phenoxy) is 2. The van der Waals surface area contributed by atoms with E-state index in [9.17, 15) is 15.0 Å². The first-order chi connectivity index (χ1) is 9.13. The summed E-state index contributed by atoms with van der Waals surface area (Å²) in [6.45, 7) is -0.218. The Morgan fingerprint density at radius 2 is 2.00 bits per heavy atom. The van der Waals surface area contributed by atoms with Crippen molar-refractivity contribution in [3.63, 3.8) is 0 Å². The van der Waals surface area contributed by atoms with Crippen molar-refractivity contribution < 1.29 is 24.5 Å². The topological polar surface area (TPSA) is 99.8 Å². The molecule has 0 saturated carbocycles. The van der Waals surface area contributed by atoms with E-state index in [1.54, 1.807) is 36.4 Å². The molecule has 1 heterocycles. The number of benzene rings is 1. The van der Waals surface area contributed by atoms with Crippen LogP contribution in [0.3, 0.4) is 0 Å². The highest BCUT2D eigenvalue weighted by Crippen LogP contribution is 2.21. The van der Waals surface area contributed by atoms with Gasteiger partial charge < -0.3 is 19.7 Å². The van der Waals surface area contributed by atoms with Crippen LogP contribution in [0, 0.1) is 11.3 Å². The Kier molecular flexibility index (Phi) is 4.12. The van der Waals surface area contributed by atoms with Gasteiger partial charge in [0.2, 0.25) is 0 Å². The maximum absolute atomic E-state index is 11.7. The zero-order valence-electron chi connectivity index (χ0n) is 9.97. The molecule has 0 unspecified atom stereocenters. The third kappa shape index (κ3) is 2.90. The highest BCUT2D eigenvalue weighted by molar-refractivity contribution is 5.89. The van der Waals surface area contributed by atoms with Crippen molar-refractivity contribution in [2.24, 2.45) is 0 Å². The van der Waals surface area contributed by atoms with Crippen LogP contribution in [0.4, 0.5) is 0 Å². The molecule has 0 aromatic heterocycles. The van der Waals surface area contributed by atoms with E-state index in [0.717, 1.165) is 0 Å². The number of nitriles is 1. The molecule has 1 saturated heterocycles. The summed E-state index contributed by atoms with van der Waals surface area (Å²) in [6.07, 6.45) is -4.53. The van der Waals surface area contributed by atoms with E-state index >= 15 is 0 Å². The lowest BCUT2D eigenvalue weighted by atomic mass is 10.1. The fraction of sp³-hybridized carbons (Fsp3) is 0.385. The van der Waals surface area contributed by atoms with E-state index in [1.165, 1.54) is 0 Å². The number of hydrogen-bond acceptors (Lipinski definition) is 6. The highest BCUT2D eigenvalue weighted by atomic mass is 16.6. The minimum atomic E-state index is -1.29. The zero-order chi connectivity index (χ0) is 13.8. The molecule has 0 amide bonds. The largest absolute Gasteiger partial charge is 0.459 e. The monoisotopic (exact) mass is 263 g/mol. The molecule has 6 heteroatoms. The van der Waals surface area contributed by atoms with Crippen LogP contribution in [-0.2, 0) is 9.47 Å². The molecule has 2 N–H and O–H groups in total. The van der Waals surface area contributed by atoms with Crippen LogP contribution in [-0.4, -0.2) is 47.2 Å². The predicted octanol–water partition coefficient (Wildman–Crippen LogP) is -0.144. The quantitative estimate of drug-likeness (QED) is 0.736. The first-order valence-corrected chi connectivity index (χ1v) is 5.77. The molecule has 1 aromatic carbocycles. The Bertz CT molecular complexity index is 484. The number of nitrogens with zero attached hydrogens (tertiary/aromatic N) is 1. The van der Waals surface area contributed by atoms with E-state index in [2.05, 4.69) is 0 Å². The Morgan fingerprint density at radius 3 is 2.58 bits per heavy atom. The Hall–Kier alpha value is -1.94. The standard InChI is InChI=1S/C13H13NO5/c14-6-9-11(15)12(16)10(19-9)7-18-13(17)8-4-2-1-3-5-8/h1-5,9-12,15-16H,7H2/t9-,10-,11+,12+/m0/s1. The lowest BCUT2D eigenvalue weighted by Gasteiger charge is -2.14. The van der Waals surface area contributed by atoms with Gasteiger partial charge in [-0.1, -0.05) is 18.2 Å². The molecule has 6 nitrogen and oxygen atoms in total. The lowest BCUT2D eigenvalue weighted by molar-refractivity contribution is -0.0253. The number of aliphatic hydroxyl groups is 2. The van der Waals surface area contributed by atoms with Crippen molar-refractivity contribution in [2.75, 3.05) is 6.61 Å². The summed E-state index contributed by atoms with van der Waals surface area (Å²) in [4.78, 5) is 11.7. The summed E-state index contributed by atoms with van der Waals surface area (Å²) >= 11 is 0. The van der Waals surface area contributed by atoms with E-state index in [-0.39, 0.29) is 6.61 Å². The number of aliphatic hydroxyl groups excluding tert-OH is 2. The molecule has 1 fully saturated rings. The number of hydrogen-bond donors (Lipinski definition) is 2. The number of carbonyl (C=O) groups excluding carboxylic acids is 1. The van der Waals surface area contributed by atoms with Gasteiger partial charge in [-0.15, -0.1) is 0 Å². The van der Waals surface area contributed by atoms with Gasteiger partial charge in [0.1, 0.15) is 24.9 Å². The third-order valence-corrected chi connectivity index (χ3v) is 2.88. The molecule has 100 valence electrons. The summed E-state index contributed by atoms with van der Waals surface area (Å²) in [5, 5.41) is 27.8. The number of carbonyl (C=O) groups is 1.